The minimum absolute atomic E-state index is 0.0489. The molecule has 1 aromatic heterocycles. The largest absolute Gasteiger partial charge is 0.323 e. The predicted octanol–water partition coefficient (Wildman–Crippen LogP) is 4.79. The summed E-state index contributed by atoms with van der Waals surface area (Å²) in [4.78, 5) is 2.82. The molecule has 1 atom stereocenters. The monoisotopic (exact) mass is 311 g/mol. The minimum atomic E-state index is 0.0489. The van der Waals surface area contributed by atoms with E-state index in [0.29, 0.717) is 10.0 Å². The Hall–Kier alpha value is -0.540. The number of hydrogen-bond acceptors (Lipinski definition) is 2. The van der Waals surface area contributed by atoms with E-state index in [1.807, 2.05) is 29.5 Å². The summed E-state index contributed by atoms with van der Waals surface area (Å²) < 4.78 is 0. The third-order valence-corrected chi connectivity index (χ3v) is 5.68. The third kappa shape index (κ3) is 2.82. The van der Waals surface area contributed by atoms with E-state index in [2.05, 4.69) is 6.07 Å². The number of rotatable bonds is 3. The molecule has 0 saturated heterocycles. The van der Waals surface area contributed by atoms with Gasteiger partial charge in [0.1, 0.15) is 0 Å². The number of hydrogen-bond donors (Lipinski definition) is 1. The summed E-state index contributed by atoms with van der Waals surface area (Å²) in [5, 5.41) is 1.19. The van der Waals surface area contributed by atoms with Crippen molar-refractivity contribution in [2.24, 2.45) is 5.73 Å². The van der Waals surface area contributed by atoms with Gasteiger partial charge >= 0.3 is 0 Å². The van der Waals surface area contributed by atoms with Crippen LogP contribution >= 0.6 is 34.5 Å². The first-order chi connectivity index (χ1) is 9.13. The maximum Gasteiger partial charge on any atom is 0.0595 e. The van der Waals surface area contributed by atoms with Crippen molar-refractivity contribution < 1.29 is 0 Å². The molecule has 1 aliphatic carbocycles. The van der Waals surface area contributed by atoms with Crippen LogP contribution in [-0.4, -0.2) is 0 Å². The van der Waals surface area contributed by atoms with Crippen LogP contribution in [0.1, 0.15) is 33.3 Å². The number of fused-ring (bicyclic) bond motifs is 1. The maximum absolute atomic E-state index is 6.31. The average molecular weight is 312 g/mol. The summed E-state index contributed by atoms with van der Waals surface area (Å²) in [6, 6.07) is 8.07. The second kappa shape index (κ2) is 5.45. The summed E-state index contributed by atoms with van der Waals surface area (Å²) in [6.07, 6.45) is 4.53. The lowest BCUT2D eigenvalue weighted by Gasteiger charge is -2.10. The topological polar surface area (TPSA) is 26.0 Å². The number of thiophene rings is 1. The molecule has 0 bridgehead atoms. The third-order valence-electron chi connectivity index (χ3n) is 3.57. The van der Waals surface area contributed by atoms with Crippen molar-refractivity contribution >= 4 is 34.5 Å². The van der Waals surface area contributed by atoms with E-state index in [0.717, 1.165) is 12.0 Å². The molecule has 1 aromatic carbocycles. The summed E-state index contributed by atoms with van der Waals surface area (Å²) in [5.41, 5.74) is 8.95. The molecule has 2 N–H and O–H groups in total. The highest BCUT2D eigenvalue weighted by atomic mass is 35.5. The van der Waals surface area contributed by atoms with Crippen LogP contribution in [0.3, 0.4) is 0 Å². The summed E-state index contributed by atoms with van der Waals surface area (Å²) in [7, 11) is 0. The fourth-order valence-corrected chi connectivity index (χ4v) is 4.14. The van der Waals surface area contributed by atoms with Gasteiger partial charge in [-0.2, -0.15) is 0 Å². The van der Waals surface area contributed by atoms with E-state index < -0.39 is 0 Å². The molecule has 1 aliphatic rings. The van der Waals surface area contributed by atoms with Crippen LogP contribution in [0.15, 0.2) is 24.3 Å². The Kier molecular flexibility index (Phi) is 3.86. The van der Waals surface area contributed by atoms with Gasteiger partial charge in [-0.15, -0.1) is 11.3 Å². The molecule has 0 saturated carbocycles. The van der Waals surface area contributed by atoms with Crippen LogP contribution in [0.4, 0.5) is 0 Å². The molecule has 1 unspecified atom stereocenters. The minimum Gasteiger partial charge on any atom is -0.323 e. The van der Waals surface area contributed by atoms with Gasteiger partial charge in [-0.25, -0.2) is 0 Å². The quantitative estimate of drug-likeness (QED) is 0.866. The van der Waals surface area contributed by atoms with Crippen molar-refractivity contribution in [1.82, 2.24) is 0 Å². The molecule has 19 heavy (non-hydrogen) atoms. The highest BCUT2D eigenvalue weighted by molar-refractivity contribution is 7.12. The van der Waals surface area contributed by atoms with Crippen LogP contribution in [-0.2, 0) is 19.3 Å². The zero-order valence-electron chi connectivity index (χ0n) is 10.5. The molecule has 1 nitrogen and oxygen atoms in total. The molecule has 4 heteroatoms. The Bertz CT molecular complexity index is 585. The number of benzene rings is 1. The standard InChI is InChI=1S/C15H15Cl2NS/c16-11-5-4-9(6-12(11)17)7-13(18)15-8-10-2-1-3-14(10)19-15/h4-6,8,13H,1-3,7,18H2. The van der Waals surface area contributed by atoms with E-state index in [4.69, 9.17) is 28.9 Å². The van der Waals surface area contributed by atoms with Crippen molar-refractivity contribution in [3.8, 4) is 0 Å². The van der Waals surface area contributed by atoms with Crippen molar-refractivity contribution in [3.05, 3.63) is 55.2 Å². The zero-order valence-corrected chi connectivity index (χ0v) is 12.8. The first-order valence-electron chi connectivity index (χ1n) is 6.44. The fourth-order valence-electron chi connectivity index (χ4n) is 2.56. The van der Waals surface area contributed by atoms with Gasteiger partial charge in [0.2, 0.25) is 0 Å². The Balaban J connectivity index is 1.76. The molecule has 0 fully saturated rings. The second-order valence-electron chi connectivity index (χ2n) is 5.01. The summed E-state index contributed by atoms with van der Waals surface area (Å²) in [6.45, 7) is 0. The van der Waals surface area contributed by atoms with Crippen LogP contribution in [0, 0.1) is 0 Å². The van der Waals surface area contributed by atoms with Gasteiger partial charge in [0.25, 0.3) is 0 Å². The van der Waals surface area contributed by atoms with E-state index in [9.17, 15) is 0 Å². The molecule has 1 heterocycles. The molecule has 0 aliphatic heterocycles. The Labute approximate surface area is 127 Å². The predicted molar refractivity (Wildman–Crippen MR) is 83.4 cm³/mol. The van der Waals surface area contributed by atoms with Crippen LogP contribution in [0.25, 0.3) is 0 Å². The van der Waals surface area contributed by atoms with Gasteiger partial charge in [0.15, 0.2) is 0 Å². The Morgan fingerprint density at radius 2 is 2.00 bits per heavy atom. The Morgan fingerprint density at radius 3 is 2.74 bits per heavy atom. The van der Waals surface area contributed by atoms with Gasteiger partial charge in [0.05, 0.1) is 10.0 Å². The molecule has 0 spiro atoms. The molecule has 0 amide bonds. The van der Waals surface area contributed by atoms with Gasteiger partial charge in [-0.05, 0) is 55.0 Å². The number of aryl methyl sites for hydroxylation is 2. The van der Waals surface area contributed by atoms with Gasteiger partial charge < -0.3 is 5.73 Å². The van der Waals surface area contributed by atoms with Crippen molar-refractivity contribution in [2.45, 2.75) is 31.7 Å². The van der Waals surface area contributed by atoms with E-state index in [1.165, 1.54) is 34.6 Å². The number of nitrogens with two attached hydrogens (primary N) is 1. The lowest BCUT2D eigenvalue weighted by atomic mass is 10.0. The lowest BCUT2D eigenvalue weighted by molar-refractivity contribution is 0.735. The highest BCUT2D eigenvalue weighted by Crippen LogP contribution is 2.34. The van der Waals surface area contributed by atoms with Crippen molar-refractivity contribution in [2.75, 3.05) is 0 Å². The number of halogens is 2. The molecule has 0 radical (unpaired) electrons. The maximum atomic E-state index is 6.31. The van der Waals surface area contributed by atoms with Gasteiger partial charge in [-0.1, -0.05) is 29.3 Å². The van der Waals surface area contributed by atoms with Gasteiger partial charge in [-0.3, -0.25) is 0 Å². The van der Waals surface area contributed by atoms with E-state index in [-0.39, 0.29) is 6.04 Å². The average Bonchev–Trinajstić information content (AvgIpc) is 2.94. The Morgan fingerprint density at radius 1 is 1.16 bits per heavy atom. The fraction of sp³-hybridized carbons (Fsp3) is 0.333. The van der Waals surface area contributed by atoms with Crippen molar-refractivity contribution in [1.29, 1.82) is 0 Å². The summed E-state index contributed by atoms with van der Waals surface area (Å²) >= 11 is 13.8. The van der Waals surface area contributed by atoms with Crippen LogP contribution in [0.2, 0.25) is 10.0 Å². The molecular weight excluding hydrogens is 297 g/mol. The smallest absolute Gasteiger partial charge is 0.0595 e. The van der Waals surface area contributed by atoms with Crippen molar-refractivity contribution in [3.63, 3.8) is 0 Å². The van der Waals surface area contributed by atoms with Gasteiger partial charge in [0, 0.05) is 15.8 Å². The molecule has 3 rings (SSSR count). The van der Waals surface area contributed by atoms with Crippen LogP contribution in [0.5, 0.6) is 0 Å². The molecule has 2 aromatic rings. The van der Waals surface area contributed by atoms with E-state index >= 15 is 0 Å². The highest BCUT2D eigenvalue weighted by Gasteiger charge is 2.18. The zero-order chi connectivity index (χ0) is 13.4. The first-order valence-corrected chi connectivity index (χ1v) is 8.01. The molecule has 100 valence electrons. The first kappa shape index (κ1) is 13.4. The SMILES string of the molecule is NC(Cc1ccc(Cl)c(Cl)c1)c1cc2c(s1)CCC2. The van der Waals surface area contributed by atoms with Crippen LogP contribution < -0.4 is 5.73 Å². The summed E-state index contributed by atoms with van der Waals surface area (Å²) in [5.74, 6) is 0. The lowest BCUT2D eigenvalue weighted by Crippen LogP contribution is -2.11. The van der Waals surface area contributed by atoms with E-state index in [1.54, 1.807) is 0 Å². The normalized spacial score (nSPS) is 15.5. The molecular formula is C15H15Cl2NS. The second-order valence-corrected chi connectivity index (χ2v) is 6.99.